The molecule has 0 radical (unpaired) electrons. The molecule has 1 aromatic heterocycles. The summed E-state index contributed by atoms with van der Waals surface area (Å²) in [5, 5.41) is 6.79. The van der Waals surface area contributed by atoms with Gasteiger partial charge in [0.1, 0.15) is 11.8 Å². The maximum atomic E-state index is 12.6. The highest BCUT2D eigenvalue weighted by atomic mass is 16.5. The molecule has 1 N–H and O–H groups in total. The third-order valence-electron chi connectivity index (χ3n) is 4.83. The summed E-state index contributed by atoms with van der Waals surface area (Å²) in [6.07, 6.45) is 1.67. The van der Waals surface area contributed by atoms with Gasteiger partial charge in [-0.1, -0.05) is 28.9 Å². The summed E-state index contributed by atoms with van der Waals surface area (Å²) in [6, 6.07) is 7.53. The van der Waals surface area contributed by atoms with Crippen LogP contribution in [0.25, 0.3) is 0 Å². The van der Waals surface area contributed by atoms with Crippen molar-refractivity contribution in [2.24, 2.45) is 0 Å². The zero-order chi connectivity index (χ0) is 18.7. The van der Waals surface area contributed by atoms with Gasteiger partial charge in [0.2, 0.25) is 11.8 Å². The first kappa shape index (κ1) is 18.2. The van der Waals surface area contributed by atoms with Crippen molar-refractivity contribution in [1.29, 1.82) is 0 Å². The first-order valence-electron chi connectivity index (χ1n) is 8.99. The van der Waals surface area contributed by atoms with E-state index in [0.29, 0.717) is 25.3 Å². The standard InChI is InChI=1S/C20H25N3O3/c1-13-6-7-16(14(2)9-13)12-21-20(25)18-5-4-8-23(18)19(24)11-17-10-15(3)22-26-17/h6-7,9-10,18H,4-5,8,11-12H2,1-3H3,(H,21,25). The van der Waals surface area contributed by atoms with E-state index < -0.39 is 6.04 Å². The van der Waals surface area contributed by atoms with Gasteiger partial charge in [0.15, 0.2) is 0 Å². The molecule has 2 heterocycles. The minimum absolute atomic E-state index is 0.0923. The highest BCUT2D eigenvalue weighted by molar-refractivity contribution is 5.88. The molecule has 1 saturated heterocycles. The van der Waals surface area contributed by atoms with Crippen LogP contribution in [-0.2, 0) is 22.6 Å². The van der Waals surface area contributed by atoms with E-state index in [1.165, 1.54) is 5.56 Å². The maximum Gasteiger partial charge on any atom is 0.243 e. The predicted octanol–water partition coefficient (Wildman–Crippen LogP) is 2.45. The Morgan fingerprint density at radius 2 is 2.08 bits per heavy atom. The number of nitrogens with one attached hydrogen (secondary N) is 1. The van der Waals surface area contributed by atoms with E-state index in [2.05, 4.69) is 16.5 Å². The molecule has 6 heteroatoms. The molecule has 0 bridgehead atoms. The quantitative estimate of drug-likeness (QED) is 0.894. The molecule has 0 saturated carbocycles. The number of nitrogens with zero attached hydrogens (tertiary/aromatic N) is 2. The van der Waals surface area contributed by atoms with Gasteiger partial charge in [0.25, 0.3) is 0 Å². The Hall–Kier alpha value is -2.63. The van der Waals surface area contributed by atoms with E-state index in [1.807, 2.05) is 32.9 Å². The predicted molar refractivity (Wildman–Crippen MR) is 97.4 cm³/mol. The van der Waals surface area contributed by atoms with E-state index in [-0.39, 0.29) is 18.2 Å². The molecular weight excluding hydrogens is 330 g/mol. The van der Waals surface area contributed by atoms with Crippen molar-refractivity contribution in [1.82, 2.24) is 15.4 Å². The number of aryl methyl sites for hydroxylation is 3. The molecule has 1 aliphatic rings. The lowest BCUT2D eigenvalue weighted by atomic mass is 10.1. The normalized spacial score (nSPS) is 16.7. The van der Waals surface area contributed by atoms with E-state index in [1.54, 1.807) is 11.0 Å². The van der Waals surface area contributed by atoms with Crippen molar-refractivity contribution in [2.75, 3.05) is 6.54 Å². The number of hydrogen-bond donors (Lipinski definition) is 1. The lowest BCUT2D eigenvalue weighted by molar-refractivity contribution is -0.138. The molecule has 3 rings (SSSR count). The minimum Gasteiger partial charge on any atom is -0.361 e. The van der Waals surface area contributed by atoms with Crippen molar-refractivity contribution in [2.45, 2.75) is 52.6 Å². The Morgan fingerprint density at radius 1 is 1.27 bits per heavy atom. The van der Waals surface area contributed by atoms with Gasteiger partial charge in [-0.15, -0.1) is 0 Å². The van der Waals surface area contributed by atoms with Gasteiger partial charge in [-0.25, -0.2) is 0 Å². The van der Waals surface area contributed by atoms with Crippen molar-refractivity contribution in [3.8, 4) is 0 Å². The van der Waals surface area contributed by atoms with Crippen LogP contribution in [0.5, 0.6) is 0 Å². The van der Waals surface area contributed by atoms with Crippen LogP contribution in [-0.4, -0.2) is 34.5 Å². The SMILES string of the molecule is Cc1ccc(CNC(=O)C2CCCN2C(=O)Cc2cc(C)no2)c(C)c1. The van der Waals surface area contributed by atoms with Gasteiger partial charge >= 0.3 is 0 Å². The van der Waals surface area contributed by atoms with Crippen molar-refractivity contribution in [3.63, 3.8) is 0 Å². The van der Waals surface area contributed by atoms with Crippen molar-refractivity contribution < 1.29 is 14.1 Å². The van der Waals surface area contributed by atoms with Gasteiger partial charge in [0, 0.05) is 19.2 Å². The molecule has 1 fully saturated rings. The zero-order valence-corrected chi connectivity index (χ0v) is 15.5. The number of aromatic nitrogens is 1. The monoisotopic (exact) mass is 355 g/mol. The summed E-state index contributed by atoms with van der Waals surface area (Å²) in [5.41, 5.74) is 4.20. The molecule has 0 aliphatic carbocycles. The average molecular weight is 355 g/mol. The summed E-state index contributed by atoms with van der Waals surface area (Å²) in [5.74, 6) is 0.351. The number of carbonyl (C=O) groups excluding carboxylic acids is 2. The summed E-state index contributed by atoms with van der Waals surface area (Å²) < 4.78 is 5.12. The second kappa shape index (κ2) is 7.72. The van der Waals surface area contributed by atoms with Crippen molar-refractivity contribution in [3.05, 3.63) is 52.4 Å². The van der Waals surface area contributed by atoms with E-state index in [0.717, 1.165) is 23.2 Å². The van der Waals surface area contributed by atoms with Crippen LogP contribution in [0.3, 0.4) is 0 Å². The molecule has 26 heavy (non-hydrogen) atoms. The second-order valence-corrected chi connectivity index (χ2v) is 7.00. The molecule has 6 nitrogen and oxygen atoms in total. The summed E-state index contributed by atoms with van der Waals surface area (Å²) >= 11 is 0. The number of hydrogen-bond acceptors (Lipinski definition) is 4. The average Bonchev–Trinajstić information content (AvgIpc) is 3.23. The zero-order valence-electron chi connectivity index (χ0n) is 15.5. The fourth-order valence-corrected chi connectivity index (χ4v) is 3.43. The topological polar surface area (TPSA) is 75.4 Å². The molecule has 2 amide bonds. The molecule has 1 atom stereocenters. The smallest absolute Gasteiger partial charge is 0.243 e. The Kier molecular flexibility index (Phi) is 5.40. The van der Waals surface area contributed by atoms with Crippen LogP contribution >= 0.6 is 0 Å². The number of benzene rings is 1. The Morgan fingerprint density at radius 3 is 2.77 bits per heavy atom. The van der Waals surface area contributed by atoms with Crippen molar-refractivity contribution >= 4 is 11.8 Å². The Bertz CT molecular complexity index is 812. The van der Waals surface area contributed by atoms with Crippen LogP contribution in [0.15, 0.2) is 28.8 Å². The molecular formula is C20H25N3O3. The highest BCUT2D eigenvalue weighted by Gasteiger charge is 2.34. The Balaban J connectivity index is 1.59. The molecule has 138 valence electrons. The second-order valence-electron chi connectivity index (χ2n) is 7.00. The molecule has 2 aromatic rings. The van der Waals surface area contributed by atoms with Gasteiger partial charge in [-0.2, -0.15) is 0 Å². The summed E-state index contributed by atoms with van der Waals surface area (Å²) in [6.45, 7) is 6.99. The van der Waals surface area contributed by atoms with Crippen LogP contribution in [0, 0.1) is 20.8 Å². The third kappa shape index (κ3) is 4.12. The molecule has 1 aromatic carbocycles. The van der Waals surface area contributed by atoms with Crippen LogP contribution in [0.1, 0.15) is 41.0 Å². The Labute approximate surface area is 153 Å². The van der Waals surface area contributed by atoms with Crippen LogP contribution in [0.2, 0.25) is 0 Å². The van der Waals surface area contributed by atoms with E-state index in [4.69, 9.17) is 4.52 Å². The maximum absolute atomic E-state index is 12.6. The number of likely N-dealkylation sites (tertiary alicyclic amines) is 1. The fraction of sp³-hybridized carbons (Fsp3) is 0.450. The molecule has 0 spiro atoms. The fourth-order valence-electron chi connectivity index (χ4n) is 3.43. The first-order valence-corrected chi connectivity index (χ1v) is 8.99. The van der Waals surface area contributed by atoms with Crippen LogP contribution in [0.4, 0.5) is 0 Å². The molecule has 1 aliphatic heterocycles. The third-order valence-corrected chi connectivity index (χ3v) is 4.83. The van der Waals surface area contributed by atoms with Gasteiger partial charge in [0.05, 0.1) is 12.1 Å². The first-order chi connectivity index (χ1) is 12.4. The highest BCUT2D eigenvalue weighted by Crippen LogP contribution is 2.20. The number of amides is 2. The lowest BCUT2D eigenvalue weighted by Gasteiger charge is -2.23. The van der Waals surface area contributed by atoms with Gasteiger partial charge < -0.3 is 14.7 Å². The van der Waals surface area contributed by atoms with E-state index in [9.17, 15) is 9.59 Å². The van der Waals surface area contributed by atoms with E-state index >= 15 is 0 Å². The summed E-state index contributed by atoms with van der Waals surface area (Å²) in [7, 11) is 0. The lowest BCUT2D eigenvalue weighted by Crippen LogP contribution is -2.46. The molecule has 1 unspecified atom stereocenters. The van der Waals surface area contributed by atoms with Gasteiger partial charge in [-0.3, -0.25) is 9.59 Å². The largest absolute Gasteiger partial charge is 0.361 e. The minimum atomic E-state index is -0.405. The van der Waals surface area contributed by atoms with Gasteiger partial charge in [-0.05, 0) is 44.7 Å². The number of carbonyl (C=O) groups is 2. The summed E-state index contributed by atoms with van der Waals surface area (Å²) in [4.78, 5) is 26.9. The van der Waals surface area contributed by atoms with Crippen LogP contribution < -0.4 is 5.32 Å². The number of rotatable bonds is 5.